The third kappa shape index (κ3) is 6.74. The van der Waals surface area contributed by atoms with Crippen LogP contribution in [0, 0.1) is 0 Å². The molecular weight excluding hydrogens is 473 g/mol. The van der Waals surface area contributed by atoms with E-state index in [1.54, 1.807) is 41.1 Å². The molecule has 2 aromatic carbocycles. The molecule has 34 heavy (non-hydrogen) atoms. The topological polar surface area (TPSA) is 79.3 Å². The second-order valence-corrected chi connectivity index (χ2v) is 9.84. The quantitative estimate of drug-likeness (QED) is 0.395. The molecule has 3 rings (SSSR count). The number of benzene rings is 2. The van der Waals surface area contributed by atoms with Gasteiger partial charge in [0.15, 0.2) is 0 Å². The minimum Gasteiger partial charge on any atom is -0.315 e. The van der Waals surface area contributed by atoms with Crippen LogP contribution in [0.1, 0.15) is 39.8 Å². The van der Waals surface area contributed by atoms with Crippen molar-refractivity contribution in [2.75, 3.05) is 23.7 Å². The highest BCUT2D eigenvalue weighted by Crippen LogP contribution is 2.27. The molecule has 7 nitrogen and oxygen atoms in total. The van der Waals surface area contributed by atoms with Gasteiger partial charge in [-0.1, -0.05) is 57.0 Å². The average molecular weight is 502 g/mol. The number of carbonyl (C=O) groups is 2. The zero-order valence-corrected chi connectivity index (χ0v) is 21.2. The van der Waals surface area contributed by atoms with Crippen molar-refractivity contribution in [2.24, 2.45) is 0 Å². The van der Waals surface area contributed by atoms with Crippen LogP contribution in [0.25, 0.3) is 5.69 Å². The van der Waals surface area contributed by atoms with E-state index >= 15 is 0 Å². The summed E-state index contributed by atoms with van der Waals surface area (Å²) >= 11 is 12.0. The highest BCUT2D eigenvalue weighted by atomic mass is 35.5. The lowest BCUT2D eigenvalue weighted by molar-refractivity contribution is -0.116. The zero-order chi connectivity index (χ0) is 24.9. The number of nitrogens with one attached hydrogen (secondary N) is 2. The molecule has 0 bridgehead atoms. The van der Waals surface area contributed by atoms with Crippen LogP contribution >= 0.6 is 23.2 Å². The molecular formula is C25H29Cl2N5O2. The summed E-state index contributed by atoms with van der Waals surface area (Å²) < 4.78 is 1.67. The molecule has 1 heterocycles. The highest BCUT2D eigenvalue weighted by molar-refractivity contribution is 6.31. The molecule has 0 aliphatic heterocycles. The third-order valence-electron chi connectivity index (χ3n) is 5.01. The number of carbonyl (C=O) groups excluding carboxylic acids is 2. The van der Waals surface area contributed by atoms with E-state index in [9.17, 15) is 9.59 Å². The summed E-state index contributed by atoms with van der Waals surface area (Å²) in [7, 11) is 0. The van der Waals surface area contributed by atoms with Gasteiger partial charge in [-0.3, -0.25) is 4.79 Å². The number of hydrogen-bond acceptors (Lipinski definition) is 3. The van der Waals surface area contributed by atoms with E-state index in [4.69, 9.17) is 28.3 Å². The molecule has 0 atom stereocenters. The van der Waals surface area contributed by atoms with Crippen molar-refractivity contribution in [1.82, 2.24) is 14.7 Å². The van der Waals surface area contributed by atoms with Gasteiger partial charge in [0, 0.05) is 33.8 Å². The predicted molar refractivity (Wildman–Crippen MR) is 138 cm³/mol. The van der Waals surface area contributed by atoms with Crippen molar-refractivity contribution in [1.29, 1.82) is 0 Å². The Bertz CT molecular complexity index is 1150. The number of halogens is 2. The molecule has 3 aromatic rings. The van der Waals surface area contributed by atoms with Crippen molar-refractivity contribution in [3.63, 3.8) is 0 Å². The molecule has 180 valence electrons. The molecule has 0 radical (unpaired) electrons. The molecule has 2 N–H and O–H groups in total. The Labute approximate surface area is 210 Å². The maximum atomic E-state index is 13.0. The summed E-state index contributed by atoms with van der Waals surface area (Å²) in [6.45, 7) is 8.41. The highest BCUT2D eigenvalue weighted by Gasteiger charge is 2.23. The lowest BCUT2D eigenvalue weighted by atomic mass is 9.92. The lowest BCUT2D eigenvalue weighted by Crippen LogP contribution is -2.41. The predicted octanol–water partition coefficient (Wildman–Crippen LogP) is 6.36. The van der Waals surface area contributed by atoms with E-state index in [1.165, 1.54) is 4.90 Å². The number of hydrogen-bond donors (Lipinski definition) is 2. The number of anilines is 2. The molecule has 0 saturated heterocycles. The molecule has 0 fully saturated rings. The maximum absolute atomic E-state index is 13.0. The van der Waals surface area contributed by atoms with Gasteiger partial charge in [-0.25, -0.2) is 9.48 Å². The van der Waals surface area contributed by atoms with E-state index in [1.807, 2.05) is 25.1 Å². The average Bonchev–Trinajstić information content (AvgIpc) is 3.18. The molecule has 9 heteroatoms. The van der Waals surface area contributed by atoms with Gasteiger partial charge in [0.05, 0.1) is 11.4 Å². The first-order chi connectivity index (χ1) is 16.1. The molecule has 1 aromatic heterocycles. The Morgan fingerprint density at radius 1 is 1.00 bits per heavy atom. The Hall–Kier alpha value is -3.03. The summed E-state index contributed by atoms with van der Waals surface area (Å²) in [5, 5.41) is 11.5. The van der Waals surface area contributed by atoms with E-state index in [-0.39, 0.29) is 23.9 Å². The first-order valence-corrected chi connectivity index (χ1v) is 11.8. The number of nitrogens with zero attached hydrogens (tertiary/aromatic N) is 3. The molecule has 0 saturated carbocycles. The second kappa shape index (κ2) is 10.9. The normalized spacial score (nSPS) is 11.2. The van der Waals surface area contributed by atoms with Crippen LogP contribution in [0.4, 0.5) is 16.3 Å². The van der Waals surface area contributed by atoms with Crippen LogP contribution in [0.5, 0.6) is 0 Å². The van der Waals surface area contributed by atoms with Crippen LogP contribution in [-0.4, -0.2) is 39.7 Å². The molecule has 0 aliphatic carbocycles. The minimum absolute atomic E-state index is 0.114. The van der Waals surface area contributed by atoms with Gasteiger partial charge in [0.2, 0.25) is 5.91 Å². The summed E-state index contributed by atoms with van der Waals surface area (Å²) in [6, 6.07) is 15.6. The van der Waals surface area contributed by atoms with Crippen LogP contribution in [0.3, 0.4) is 0 Å². The largest absolute Gasteiger partial charge is 0.322 e. The summed E-state index contributed by atoms with van der Waals surface area (Å²) in [6.07, 6.45) is 0.702. The monoisotopic (exact) mass is 501 g/mol. The van der Waals surface area contributed by atoms with Gasteiger partial charge in [-0.2, -0.15) is 5.10 Å². The number of amides is 3. The minimum atomic E-state index is -0.374. The van der Waals surface area contributed by atoms with Gasteiger partial charge in [0.25, 0.3) is 0 Å². The van der Waals surface area contributed by atoms with Crippen LogP contribution < -0.4 is 10.6 Å². The maximum Gasteiger partial charge on any atom is 0.322 e. The van der Waals surface area contributed by atoms with Gasteiger partial charge >= 0.3 is 6.03 Å². The van der Waals surface area contributed by atoms with Gasteiger partial charge in [-0.05, 0) is 48.9 Å². The Kier molecular flexibility index (Phi) is 8.23. The molecule has 0 unspecified atom stereocenters. The number of urea groups is 1. The van der Waals surface area contributed by atoms with E-state index in [2.05, 4.69) is 31.4 Å². The first-order valence-electron chi connectivity index (χ1n) is 11.0. The zero-order valence-electron chi connectivity index (χ0n) is 19.7. The lowest BCUT2D eigenvalue weighted by Gasteiger charge is -2.22. The second-order valence-electron chi connectivity index (χ2n) is 8.96. The van der Waals surface area contributed by atoms with Crippen molar-refractivity contribution in [3.05, 3.63) is 70.3 Å². The summed E-state index contributed by atoms with van der Waals surface area (Å²) in [4.78, 5) is 27.3. The Balaban J connectivity index is 1.79. The van der Waals surface area contributed by atoms with Gasteiger partial charge in [-0.15, -0.1) is 0 Å². The third-order valence-corrected chi connectivity index (χ3v) is 5.49. The van der Waals surface area contributed by atoms with Crippen molar-refractivity contribution >= 4 is 46.6 Å². The summed E-state index contributed by atoms with van der Waals surface area (Å²) in [5.41, 5.74) is 1.93. The van der Waals surface area contributed by atoms with Crippen LogP contribution in [0.2, 0.25) is 10.0 Å². The van der Waals surface area contributed by atoms with Gasteiger partial charge in [0.1, 0.15) is 12.4 Å². The Morgan fingerprint density at radius 2 is 1.71 bits per heavy atom. The fourth-order valence-electron chi connectivity index (χ4n) is 3.26. The van der Waals surface area contributed by atoms with Crippen molar-refractivity contribution in [2.45, 2.75) is 39.5 Å². The smallest absolute Gasteiger partial charge is 0.315 e. The molecule has 0 spiro atoms. The summed E-state index contributed by atoms with van der Waals surface area (Å²) in [5.74, 6) is 0.189. The molecule has 3 amide bonds. The SMILES string of the molecule is CCCN(CC(=O)Nc1cc(C(C)(C)C)nn1-c1ccc(Cl)cc1)C(=O)Nc1cccc(Cl)c1. The Morgan fingerprint density at radius 3 is 2.32 bits per heavy atom. The van der Waals surface area contributed by atoms with E-state index in [0.29, 0.717) is 34.5 Å². The standard InChI is InChI=1S/C25H29Cl2N5O2/c1-5-13-31(24(34)28-19-8-6-7-18(27)14-19)16-23(33)29-22-15-21(25(2,3)4)30-32(22)20-11-9-17(26)10-12-20/h6-12,14-15H,5,13,16H2,1-4H3,(H,28,34)(H,29,33). The van der Waals surface area contributed by atoms with Crippen LogP contribution in [-0.2, 0) is 10.2 Å². The molecule has 0 aliphatic rings. The fraction of sp³-hybridized carbons (Fsp3) is 0.320. The van der Waals surface area contributed by atoms with Crippen molar-refractivity contribution in [3.8, 4) is 5.69 Å². The van der Waals surface area contributed by atoms with Gasteiger partial charge < -0.3 is 15.5 Å². The number of rotatable bonds is 7. The van der Waals surface area contributed by atoms with E-state index in [0.717, 1.165) is 11.4 Å². The van der Waals surface area contributed by atoms with E-state index < -0.39 is 0 Å². The first kappa shape index (κ1) is 25.6. The number of aromatic nitrogens is 2. The van der Waals surface area contributed by atoms with Crippen molar-refractivity contribution < 1.29 is 9.59 Å². The fourth-order valence-corrected chi connectivity index (χ4v) is 3.58. The van der Waals surface area contributed by atoms with Crippen LogP contribution in [0.15, 0.2) is 54.6 Å².